The van der Waals surface area contributed by atoms with Crippen LogP contribution in [0.15, 0.2) is 59.5 Å². The molecule has 178 valence electrons. The molecule has 31 heavy (non-hydrogen) atoms. The van der Waals surface area contributed by atoms with Crippen LogP contribution in [-0.2, 0) is 8.92 Å². The Balaban J connectivity index is -0.00000157. The molecule has 0 unspecified atom stereocenters. The number of ether oxygens (including phenoxy) is 1. The highest BCUT2D eigenvalue weighted by Crippen LogP contribution is 2.34. The minimum atomic E-state index is -0.304. The summed E-state index contributed by atoms with van der Waals surface area (Å²) in [5.41, 5.74) is 1.91. The van der Waals surface area contributed by atoms with E-state index in [1.54, 1.807) is 0 Å². The molecular weight excluding hydrogens is 439 g/mol. The van der Waals surface area contributed by atoms with E-state index < -0.39 is 0 Å². The fraction of sp³-hybridized carbons (Fsp3) is 0.409. The van der Waals surface area contributed by atoms with Gasteiger partial charge >= 0.3 is 5.97 Å². The summed E-state index contributed by atoms with van der Waals surface area (Å²) in [6, 6.07) is 17.5. The first kappa shape index (κ1) is 33.5. The normalized spacial score (nSPS) is 16.7. The third kappa shape index (κ3) is 10.1. The summed E-state index contributed by atoms with van der Waals surface area (Å²) in [6.45, 7) is 3.02. The van der Waals surface area contributed by atoms with Gasteiger partial charge < -0.3 is 8.92 Å². The van der Waals surface area contributed by atoms with E-state index in [1.807, 2.05) is 42.5 Å². The highest BCUT2D eigenvalue weighted by molar-refractivity contribution is 7.95. The van der Waals surface area contributed by atoms with Gasteiger partial charge in [0.15, 0.2) is 0 Å². The van der Waals surface area contributed by atoms with Crippen LogP contribution in [0.5, 0.6) is 0 Å². The Labute approximate surface area is 183 Å². The maximum Gasteiger partial charge on any atom is 0.350 e. The molecule has 0 bridgehead atoms. The van der Waals surface area contributed by atoms with Gasteiger partial charge in [0, 0.05) is 11.5 Å². The molecular formula is C22H31F5O3S. The summed E-state index contributed by atoms with van der Waals surface area (Å²) in [4.78, 5) is 13.1. The van der Waals surface area contributed by atoms with Crippen molar-refractivity contribution in [2.24, 2.45) is 0 Å². The molecule has 2 aromatic rings. The van der Waals surface area contributed by atoms with Crippen molar-refractivity contribution >= 4 is 18.0 Å². The molecule has 0 amide bonds. The molecule has 0 saturated heterocycles. The molecule has 1 aliphatic carbocycles. The zero-order chi connectivity index (χ0) is 18.2. The van der Waals surface area contributed by atoms with Gasteiger partial charge in [-0.1, -0.05) is 37.3 Å². The molecule has 0 radical (unpaired) electrons. The summed E-state index contributed by atoms with van der Waals surface area (Å²) in [7, 11) is 0. The molecule has 1 fully saturated rings. The van der Waals surface area contributed by atoms with Crippen LogP contribution >= 0.6 is 12.0 Å². The Morgan fingerprint density at radius 2 is 1.45 bits per heavy atom. The highest BCUT2D eigenvalue weighted by atomic mass is 32.2. The zero-order valence-corrected chi connectivity index (χ0v) is 18.1. The second-order valence-electron chi connectivity index (χ2n) is 6.73. The van der Waals surface area contributed by atoms with E-state index in [0.29, 0.717) is 17.6 Å². The van der Waals surface area contributed by atoms with Crippen molar-refractivity contribution in [1.82, 2.24) is 0 Å². The Hall–Kier alpha value is -2.13. The molecule has 2 aromatic carbocycles. The fourth-order valence-electron chi connectivity index (χ4n) is 3.35. The minimum absolute atomic E-state index is 0. The number of halogens is 5. The molecule has 0 atom stereocenters. The minimum Gasteiger partial charge on any atom is -0.382 e. The van der Waals surface area contributed by atoms with Crippen LogP contribution in [0, 0.1) is 0 Å². The van der Waals surface area contributed by atoms with Crippen LogP contribution in [0.2, 0.25) is 0 Å². The van der Waals surface area contributed by atoms with Gasteiger partial charge in [0.2, 0.25) is 0 Å². The van der Waals surface area contributed by atoms with E-state index in [4.69, 9.17) is 8.92 Å². The lowest BCUT2D eigenvalue weighted by atomic mass is 9.82. The number of hydrogen-bond acceptors (Lipinski definition) is 4. The average molecular weight is 471 g/mol. The standard InChI is InChI=1S/C22H26O3S.5FH/c1-2-16-24-20-14-12-18(13-15-20)17-8-10-19(11-9-17)22(23)25-26-21-6-4-3-5-7-21;;;;;/h3-11,18,20H,2,12-16H2,1H3;5*1H. The van der Waals surface area contributed by atoms with E-state index in [-0.39, 0.29) is 29.5 Å². The van der Waals surface area contributed by atoms with E-state index >= 15 is 0 Å². The first-order valence-electron chi connectivity index (χ1n) is 9.41. The van der Waals surface area contributed by atoms with E-state index in [2.05, 4.69) is 19.1 Å². The van der Waals surface area contributed by atoms with Crippen LogP contribution in [0.4, 0.5) is 23.5 Å². The van der Waals surface area contributed by atoms with Crippen molar-refractivity contribution in [2.75, 3.05) is 6.61 Å². The molecule has 1 aliphatic rings. The fourth-order valence-corrected chi connectivity index (χ4v) is 3.89. The SMILES string of the molecule is CCCOC1CCC(c2ccc(C(=O)OSc3ccccc3)cc2)CC1.F.F.F.F.F. The Morgan fingerprint density at radius 3 is 2.00 bits per heavy atom. The van der Waals surface area contributed by atoms with Crippen LogP contribution in [0.1, 0.15) is 60.9 Å². The van der Waals surface area contributed by atoms with Crippen molar-refractivity contribution in [1.29, 1.82) is 0 Å². The number of hydrogen-bond donors (Lipinski definition) is 0. The Kier molecular flexibility index (Phi) is 19.0. The molecule has 1 saturated carbocycles. The van der Waals surface area contributed by atoms with Crippen molar-refractivity contribution in [3.8, 4) is 0 Å². The summed E-state index contributed by atoms with van der Waals surface area (Å²) in [5.74, 6) is 0.266. The summed E-state index contributed by atoms with van der Waals surface area (Å²) < 4.78 is 11.2. The average Bonchev–Trinajstić information content (AvgIpc) is 2.72. The van der Waals surface area contributed by atoms with Crippen molar-refractivity contribution in [2.45, 2.75) is 55.9 Å². The van der Waals surface area contributed by atoms with Gasteiger partial charge in [-0.2, -0.15) is 0 Å². The number of rotatable bonds is 7. The molecule has 3 nitrogen and oxygen atoms in total. The van der Waals surface area contributed by atoms with Crippen LogP contribution in [0.25, 0.3) is 0 Å². The molecule has 3 rings (SSSR count). The summed E-state index contributed by atoms with van der Waals surface area (Å²) in [6.07, 6.45) is 6.07. The predicted octanol–water partition coefficient (Wildman–Crippen LogP) is 6.77. The van der Waals surface area contributed by atoms with Crippen LogP contribution in [-0.4, -0.2) is 18.7 Å². The number of benzene rings is 2. The van der Waals surface area contributed by atoms with Gasteiger partial charge in [0.25, 0.3) is 0 Å². The lowest BCUT2D eigenvalue weighted by Gasteiger charge is -2.28. The largest absolute Gasteiger partial charge is 0.382 e. The molecule has 0 aromatic heterocycles. The van der Waals surface area contributed by atoms with Gasteiger partial charge in [-0.3, -0.25) is 23.5 Å². The topological polar surface area (TPSA) is 35.5 Å². The van der Waals surface area contributed by atoms with Crippen LogP contribution in [0.3, 0.4) is 0 Å². The van der Waals surface area contributed by atoms with E-state index in [9.17, 15) is 4.79 Å². The lowest BCUT2D eigenvalue weighted by molar-refractivity contribution is 0.0251. The molecule has 0 spiro atoms. The second-order valence-corrected chi connectivity index (χ2v) is 7.54. The van der Waals surface area contributed by atoms with Crippen LogP contribution < -0.4 is 0 Å². The third-order valence-corrected chi connectivity index (χ3v) is 5.51. The zero-order valence-electron chi connectivity index (χ0n) is 17.3. The summed E-state index contributed by atoms with van der Waals surface area (Å²) in [5, 5.41) is 0. The van der Waals surface area contributed by atoms with Gasteiger partial charge in [-0.05, 0) is 67.9 Å². The number of carbonyl (C=O) groups is 1. The van der Waals surface area contributed by atoms with Crippen molar-refractivity contribution in [3.63, 3.8) is 0 Å². The lowest BCUT2D eigenvalue weighted by Crippen LogP contribution is -2.21. The van der Waals surface area contributed by atoms with E-state index in [0.717, 1.165) is 55.6 Å². The van der Waals surface area contributed by atoms with Gasteiger partial charge in [-0.15, -0.1) is 0 Å². The smallest absolute Gasteiger partial charge is 0.350 e. The molecule has 9 heteroatoms. The quantitative estimate of drug-likeness (QED) is 0.331. The van der Waals surface area contributed by atoms with E-state index in [1.165, 1.54) is 5.56 Å². The van der Waals surface area contributed by atoms with Gasteiger partial charge in [0.05, 0.1) is 23.7 Å². The molecule has 0 aliphatic heterocycles. The first-order chi connectivity index (χ1) is 12.8. The second kappa shape index (κ2) is 17.5. The maximum atomic E-state index is 12.2. The van der Waals surface area contributed by atoms with Gasteiger partial charge in [0.1, 0.15) is 0 Å². The third-order valence-electron chi connectivity index (χ3n) is 4.81. The molecule has 0 N–H and O–H groups in total. The monoisotopic (exact) mass is 470 g/mol. The number of carbonyl (C=O) groups excluding carboxylic acids is 1. The van der Waals surface area contributed by atoms with Gasteiger partial charge in [-0.25, -0.2) is 4.79 Å². The molecule has 0 heterocycles. The Morgan fingerprint density at radius 1 is 0.871 bits per heavy atom. The predicted molar refractivity (Wildman–Crippen MR) is 118 cm³/mol. The Bertz CT molecular complexity index is 696. The highest BCUT2D eigenvalue weighted by Gasteiger charge is 2.23. The summed E-state index contributed by atoms with van der Waals surface area (Å²) >= 11 is 1.10. The first-order valence-corrected chi connectivity index (χ1v) is 10.2. The maximum absolute atomic E-state index is 12.2. The van der Waals surface area contributed by atoms with Crippen molar-refractivity contribution < 1.29 is 37.2 Å². The van der Waals surface area contributed by atoms with Crippen molar-refractivity contribution in [3.05, 3.63) is 65.7 Å².